The van der Waals surface area contributed by atoms with Crippen LogP contribution in [0.25, 0.3) is 0 Å². The molecule has 2 fully saturated rings. The third-order valence-corrected chi connectivity index (χ3v) is 5.95. The van der Waals surface area contributed by atoms with Gasteiger partial charge in [-0.1, -0.05) is 12.1 Å². The summed E-state index contributed by atoms with van der Waals surface area (Å²) in [5, 5.41) is 3.14. The van der Waals surface area contributed by atoms with Gasteiger partial charge in [0.15, 0.2) is 0 Å². The lowest BCUT2D eigenvalue weighted by atomic mass is 10.1. The normalized spacial score (nSPS) is 30.2. The van der Waals surface area contributed by atoms with E-state index in [1.807, 2.05) is 11.0 Å². The second-order valence-corrected chi connectivity index (χ2v) is 7.13. The molecule has 1 N–H and O–H groups in total. The molecule has 4 nitrogen and oxygen atoms in total. The van der Waals surface area contributed by atoms with Crippen LogP contribution in [0.3, 0.4) is 0 Å². The maximum absolute atomic E-state index is 13.8. The zero-order valence-corrected chi connectivity index (χ0v) is 13.6. The Hall–Kier alpha value is -1.62. The standard InChI is InChI=1S/C18H24FN3O/c1-21-12-5-6-13(21)11-22(10-9-12)18(23)20-17-8-7-14-15(17)3-2-4-16(14)19/h2-4,12-13,17H,5-11H2,1H3,(H,20,23). The molecule has 2 saturated heterocycles. The molecular weight excluding hydrogens is 293 g/mol. The molecule has 2 bridgehead atoms. The molecule has 23 heavy (non-hydrogen) atoms. The SMILES string of the molecule is CN1C2CCC1CN(C(=O)NC1CCc3c(F)cccc31)CC2. The molecule has 0 aromatic heterocycles. The van der Waals surface area contributed by atoms with E-state index < -0.39 is 0 Å². The van der Waals surface area contributed by atoms with Crippen LogP contribution in [0.4, 0.5) is 9.18 Å². The van der Waals surface area contributed by atoms with Crippen molar-refractivity contribution in [1.29, 1.82) is 0 Å². The molecule has 2 amide bonds. The molecule has 1 aromatic carbocycles. The molecule has 5 heteroatoms. The van der Waals surface area contributed by atoms with E-state index in [1.165, 1.54) is 18.9 Å². The minimum atomic E-state index is -0.145. The number of likely N-dealkylation sites (N-methyl/N-ethyl adjacent to an activating group) is 1. The van der Waals surface area contributed by atoms with Crippen molar-refractivity contribution >= 4 is 6.03 Å². The molecule has 2 heterocycles. The maximum atomic E-state index is 13.8. The lowest BCUT2D eigenvalue weighted by molar-refractivity contribution is 0.184. The number of carbonyl (C=O) groups excluding carboxylic acids is 1. The van der Waals surface area contributed by atoms with Crippen molar-refractivity contribution in [2.45, 2.75) is 50.2 Å². The number of likely N-dealkylation sites (tertiary alicyclic amines) is 1. The zero-order chi connectivity index (χ0) is 16.0. The van der Waals surface area contributed by atoms with E-state index in [-0.39, 0.29) is 17.9 Å². The number of hydrogen-bond acceptors (Lipinski definition) is 2. The molecule has 3 aliphatic rings. The Morgan fingerprint density at radius 2 is 2.04 bits per heavy atom. The summed E-state index contributed by atoms with van der Waals surface area (Å²) >= 11 is 0. The summed E-state index contributed by atoms with van der Waals surface area (Å²) in [5.74, 6) is -0.145. The number of halogens is 1. The van der Waals surface area contributed by atoms with Crippen LogP contribution in [0, 0.1) is 5.82 Å². The van der Waals surface area contributed by atoms with Gasteiger partial charge in [-0.25, -0.2) is 9.18 Å². The highest BCUT2D eigenvalue weighted by Gasteiger charge is 2.36. The van der Waals surface area contributed by atoms with Gasteiger partial charge in [-0.05, 0) is 56.3 Å². The largest absolute Gasteiger partial charge is 0.331 e. The zero-order valence-electron chi connectivity index (χ0n) is 13.6. The molecule has 1 aromatic rings. The maximum Gasteiger partial charge on any atom is 0.317 e. The third-order valence-electron chi connectivity index (χ3n) is 5.95. The van der Waals surface area contributed by atoms with Crippen LogP contribution in [0.15, 0.2) is 18.2 Å². The van der Waals surface area contributed by atoms with Gasteiger partial charge < -0.3 is 10.2 Å². The summed E-state index contributed by atoms with van der Waals surface area (Å²) in [6, 6.07) is 6.25. The minimum absolute atomic E-state index is 0.00746. The van der Waals surface area contributed by atoms with Crippen LogP contribution >= 0.6 is 0 Å². The molecule has 1 aliphatic carbocycles. The van der Waals surface area contributed by atoms with Crippen molar-refractivity contribution in [3.8, 4) is 0 Å². The van der Waals surface area contributed by atoms with E-state index in [9.17, 15) is 9.18 Å². The van der Waals surface area contributed by atoms with Crippen LogP contribution < -0.4 is 5.32 Å². The molecule has 0 saturated carbocycles. The van der Waals surface area contributed by atoms with Crippen molar-refractivity contribution < 1.29 is 9.18 Å². The molecule has 0 radical (unpaired) electrons. The Bertz CT molecular complexity index is 620. The van der Waals surface area contributed by atoms with Gasteiger partial charge in [-0.2, -0.15) is 0 Å². The quantitative estimate of drug-likeness (QED) is 0.864. The van der Waals surface area contributed by atoms with Gasteiger partial charge in [0.1, 0.15) is 5.82 Å². The highest BCUT2D eigenvalue weighted by atomic mass is 19.1. The average Bonchev–Trinajstić information content (AvgIpc) is 3.02. The number of amides is 2. The van der Waals surface area contributed by atoms with Crippen LogP contribution in [0.5, 0.6) is 0 Å². The first-order valence-corrected chi connectivity index (χ1v) is 8.68. The second kappa shape index (κ2) is 5.78. The van der Waals surface area contributed by atoms with Crippen molar-refractivity contribution in [2.24, 2.45) is 0 Å². The van der Waals surface area contributed by atoms with Gasteiger partial charge in [0, 0.05) is 25.2 Å². The monoisotopic (exact) mass is 317 g/mol. The Labute approximate surface area is 136 Å². The number of nitrogens with zero attached hydrogens (tertiary/aromatic N) is 2. The first-order valence-electron chi connectivity index (χ1n) is 8.68. The molecule has 0 spiro atoms. The highest BCUT2D eigenvalue weighted by Crippen LogP contribution is 2.33. The van der Waals surface area contributed by atoms with Crippen LogP contribution in [-0.4, -0.2) is 48.1 Å². The van der Waals surface area contributed by atoms with E-state index in [0.29, 0.717) is 18.5 Å². The predicted octanol–water partition coefficient (Wildman–Crippen LogP) is 2.69. The summed E-state index contributed by atoms with van der Waals surface area (Å²) in [6.45, 7) is 1.63. The summed E-state index contributed by atoms with van der Waals surface area (Å²) in [4.78, 5) is 17.1. The Morgan fingerprint density at radius 3 is 2.91 bits per heavy atom. The number of urea groups is 1. The molecule has 124 valence electrons. The highest BCUT2D eigenvalue weighted by molar-refractivity contribution is 5.75. The van der Waals surface area contributed by atoms with Crippen LogP contribution in [-0.2, 0) is 6.42 Å². The van der Waals surface area contributed by atoms with Gasteiger partial charge in [0.2, 0.25) is 0 Å². The Kier molecular flexibility index (Phi) is 3.76. The number of benzene rings is 1. The number of nitrogens with one attached hydrogen (secondary N) is 1. The minimum Gasteiger partial charge on any atom is -0.331 e. The average molecular weight is 317 g/mol. The number of fused-ring (bicyclic) bond motifs is 3. The number of hydrogen-bond donors (Lipinski definition) is 1. The lowest BCUT2D eigenvalue weighted by Gasteiger charge is -2.27. The van der Waals surface area contributed by atoms with Gasteiger partial charge in [0.25, 0.3) is 0 Å². The fourth-order valence-corrected chi connectivity index (χ4v) is 4.49. The molecule has 4 rings (SSSR count). The van der Waals surface area contributed by atoms with Gasteiger partial charge in [-0.15, -0.1) is 0 Å². The van der Waals surface area contributed by atoms with E-state index in [0.717, 1.165) is 37.1 Å². The first kappa shape index (κ1) is 14.9. The third kappa shape index (κ3) is 2.61. The van der Waals surface area contributed by atoms with Gasteiger partial charge in [0.05, 0.1) is 6.04 Å². The first-order chi connectivity index (χ1) is 11.1. The van der Waals surface area contributed by atoms with Crippen LogP contribution in [0.1, 0.15) is 42.9 Å². The fourth-order valence-electron chi connectivity index (χ4n) is 4.49. The summed E-state index contributed by atoms with van der Waals surface area (Å²) in [5.41, 5.74) is 1.72. The molecular formula is C18H24FN3O. The van der Waals surface area contributed by atoms with E-state index in [1.54, 1.807) is 6.07 Å². The Morgan fingerprint density at radius 1 is 1.22 bits per heavy atom. The van der Waals surface area contributed by atoms with Gasteiger partial charge >= 0.3 is 6.03 Å². The number of carbonyl (C=O) groups is 1. The number of rotatable bonds is 1. The second-order valence-electron chi connectivity index (χ2n) is 7.13. The summed E-state index contributed by atoms with van der Waals surface area (Å²) < 4.78 is 13.8. The summed E-state index contributed by atoms with van der Waals surface area (Å²) in [7, 11) is 2.18. The Balaban J connectivity index is 1.44. The van der Waals surface area contributed by atoms with Crippen molar-refractivity contribution in [3.05, 3.63) is 35.1 Å². The van der Waals surface area contributed by atoms with Crippen LogP contribution in [0.2, 0.25) is 0 Å². The molecule has 3 unspecified atom stereocenters. The topological polar surface area (TPSA) is 35.6 Å². The van der Waals surface area contributed by atoms with Crippen molar-refractivity contribution in [3.63, 3.8) is 0 Å². The van der Waals surface area contributed by atoms with E-state index in [2.05, 4.69) is 17.3 Å². The smallest absolute Gasteiger partial charge is 0.317 e. The van der Waals surface area contributed by atoms with E-state index >= 15 is 0 Å². The lowest BCUT2D eigenvalue weighted by Crippen LogP contribution is -2.45. The molecule has 2 aliphatic heterocycles. The summed E-state index contributed by atoms with van der Waals surface area (Å²) in [6.07, 6.45) is 4.99. The fraction of sp³-hybridized carbons (Fsp3) is 0.611. The van der Waals surface area contributed by atoms with Crippen molar-refractivity contribution in [2.75, 3.05) is 20.1 Å². The molecule has 3 atom stereocenters. The van der Waals surface area contributed by atoms with Gasteiger partial charge in [-0.3, -0.25) is 4.90 Å². The van der Waals surface area contributed by atoms with Crippen molar-refractivity contribution in [1.82, 2.24) is 15.1 Å². The van der Waals surface area contributed by atoms with E-state index in [4.69, 9.17) is 0 Å². The predicted molar refractivity (Wildman–Crippen MR) is 86.8 cm³/mol.